The molecule has 0 radical (unpaired) electrons. The fourth-order valence-corrected chi connectivity index (χ4v) is 3.36. The molecule has 0 unspecified atom stereocenters. The molecule has 0 aliphatic carbocycles. The number of carbonyl (C=O) groups excluding carboxylic acids is 2. The molecular weight excluding hydrogens is 258 g/mol. The van der Waals surface area contributed by atoms with Crippen LogP contribution in [0.25, 0.3) is 0 Å². The van der Waals surface area contributed by atoms with Gasteiger partial charge in [0, 0.05) is 0 Å². The number of benzene rings is 1. The van der Waals surface area contributed by atoms with Gasteiger partial charge < -0.3 is 9.47 Å². The molecule has 3 aliphatic heterocycles. The van der Waals surface area contributed by atoms with Crippen molar-refractivity contribution in [2.24, 2.45) is 11.8 Å². The van der Waals surface area contributed by atoms with Crippen molar-refractivity contribution in [3.05, 3.63) is 36.4 Å². The lowest BCUT2D eigenvalue weighted by Gasteiger charge is -2.19. The lowest BCUT2D eigenvalue weighted by Crippen LogP contribution is -2.34. The Bertz CT molecular complexity index is 609. The van der Waals surface area contributed by atoms with Crippen LogP contribution in [0, 0.1) is 11.8 Å². The molecule has 0 saturated carbocycles. The number of ether oxygens (including phenoxy) is 2. The van der Waals surface area contributed by atoms with Gasteiger partial charge in [0.05, 0.1) is 36.8 Å². The number of amides is 2. The van der Waals surface area contributed by atoms with Crippen LogP contribution in [-0.4, -0.2) is 31.1 Å². The third kappa shape index (κ3) is 1.30. The highest BCUT2D eigenvalue weighted by Gasteiger charge is 2.61. The van der Waals surface area contributed by atoms with Crippen LogP contribution in [0.1, 0.15) is 0 Å². The fourth-order valence-electron chi connectivity index (χ4n) is 3.36. The zero-order valence-electron chi connectivity index (χ0n) is 10.9. The van der Waals surface area contributed by atoms with Crippen LogP contribution in [0.5, 0.6) is 5.75 Å². The molecule has 2 fully saturated rings. The lowest BCUT2D eigenvalue weighted by atomic mass is 9.85. The SMILES string of the molecule is COc1ccccc1N1C(=O)[C@@H]2[C@H](C1=O)[C@@H]1C=C[C@H]2O1. The second-order valence-electron chi connectivity index (χ2n) is 5.19. The van der Waals surface area contributed by atoms with Crippen LogP contribution in [0.4, 0.5) is 5.69 Å². The van der Waals surface area contributed by atoms with E-state index in [9.17, 15) is 9.59 Å². The molecule has 20 heavy (non-hydrogen) atoms. The smallest absolute Gasteiger partial charge is 0.240 e. The standard InChI is InChI=1S/C15H13NO4/c1-19-9-5-3-2-4-8(9)16-14(17)12-10-6-7-11(20-10)13(12)15(16)18/h2-7,10-13H,1H3/t10-,11+,12+,13-. The number of anilines is 1. The Kier molecular flexibility index (Phi) is 2.29. The lowest BCUT2D eigenvalue weighted by molar-refractivity contribution is -0.124. The summed E-state index contributed by atoms with van der Waals surface area (Å²) in [5.41, 5.74) is 0.513. The molecule has 3 aliphatic rings. The second kappa shape index (κ2) is 3.93. The van der Waals surface area contributed by atoms with E-state index in [1.165, 1.54) is 12.0 Å². The van der Waals surface area contributed by atoms with Gasteiger partial charge in [-0.3, -0.25) is 9.59 Å². The number of hydrogen-bond acceptors (Lipinski definition) is 4. The molecule has 5 heteroatoms. The molecule has 2 amide bonds. The number of methoxy groups -OCH3 is 1. The quantitative estimate of drug-likeness (QED) is 0.598. The van der Waals surface area contributed by atoms with Crippen molar-refractivity contribution in [1.29, 1.82) is 0 Å². The molecule has 4 atom stereocenters. The number of rotatable bonds is 2. The van der Waals surface area contributed by atoms with Gasteiger partial charge in [-0.2, -0.15) is 0 Å². The summed E-state index contributed by atoms with van der Waals surface area (Å²) in [7, 11) is 1.53. The number of para-hydroxylation sites is 2. The Morgan fingerprint density at radius 3 is 2.25 bits per heavy atom. The van der Waals surface area contributed by atoms with E-state index in [0.717, 1.165) is 0 Å². The van der Waals surface area contributed by atoms with Crippen molar-refractivity contribution in [3.63, 3.8) is 0 Å². The highest BCUT2D eigenvalue weighted by atomic mass is 16.5. The highest BCUT2D eigenvalue weighted by Crippen LogP contribution is 2.47. The van der Waals surface area contributed by atoms with Crippen LogP contribution in [0.3, 0.4) is 0 Å². The summed E-state index contributed by atoms with van der Waals surface area (Å²) >= 11 is 0. The van der Waals surface area contributed by atoms with Crippen LogP contribution in [-0.2, 0) is 14.3 Å². The van der Waals surface area contributed by atoms with E-state index in [0.29, 0.717) is 11.4 Å². The van der Waals surface area contributed by atoms with Gasteiger partial charge in [0.25, 0.3) is 0 Å². The molecule has 2 bridgehead atoms. The van der Waals surface area contributed by atoms with Crippen LogP contribution < -0.4 is 9.64 Å². The molecule has 102 valence electrons. The van der Waals surface area contributed by atoms with Gasteiger partial charge in [-0.05, 0) is 12.1 Å². The number of fused-ring (bicyclic) bond motifs is 5. The van der Waals surface area contributed by atoms with E-state index in [2.05, 4.69) is 0 Å². The van der Waals surface area contributed by atoms with Crippen LogP contribution >= 0.6 is 0 Å². The minimum absolute atomic E-state index is 0.193. The largest absolute Gasteiger partial charge is 0.495 e. The van der Waals surface area contributed by atoms with E-state index in [4.69, 9.17) is 9.47 Å². The Labute approximate surface area is 115 Å². The molecule has 0 N–H and O–H groups in total. The van der Waals surface area contributed by atoms with Crippen molar-refractivity contribution < 1.29 is 19.1 Å². The first kappa shape index (κ1) is 11.7. The summed E-state index contributed by atoms with van der Waals surface area (Å²) in [4.78, 5) is 26.4. The number of carbonyl (C=O) groups is 2. The molecule has 2 saturated heterocycles. The summed E-state index contributed by atoms with van der Waals surface area (Å²) in [6.45, 7) is 0. The Balaban J connectivity index is 1.78. The second-order valence-corrected chi connectivity index (χ2v) is 5.19. The molecule has 0 aromatic heterocycles. The normalized spacial score (nSPS) is 34.0. The fraction of sp³-hybridized carbons (Fsp3) is 0.333. The van der Waals surface area contributed by atoms with Crippen molar-refractivity contribution >= 4 is 17.5 Å². The molecule has 5 nitrogen and oxygen atoms in total. The van der Waals surface area contributed by atoms with E-state index >= 15 is 0 Å². The van der Waals surface area contributed by atoms with Gasteiger partial charge in [-0.25, -0.2) is 4.90 Å². The summed E-state index contributed by atoms with van der Waals surface area (Å²) in [5.74, 6) is -0.636. The van der Waals surface area contributed by atoms with Crippen LogP contribution in [0.15, 0.2) is 36.4 Å². The number of nitrogens with zero attached hydrogens (tertiary/aromatic N) is 1. The predicted molar refractivity (Wildman–Crippen MR) is 70.3 cm³/mol. The minimum atomic E-state index is -0.387. The zero-order chi connectivity index (χ0) is 13.9. The summed E-state index contributed by atoms with van der Waals surface area (Å²) in [6.07, 6.45) is 3.23. The van der Waals surface area contributed by atoms with Crippen molar-refractivity contribution in [3.8, 4) is 5.75 Å². The maximum atomic E-state index is 12.6. The van der Waals surface area contributed by atoms with Gasteiger partial charge in [0.15, 0.2) is 0 Å². The molecule has 1 aromatic carbocycles. The summed E-state index contributed by atoms with van der Waals surface area (Å²) < 4.78 is 10.9. The molecule has 3 heterocycles. The van der Waals surface area contributed by atoms with Crippen molar-refractivity contribution in [2.75, 3.05) is 12.0 Å². The zero-order valence-corrected chi connectivity index (χ0v) is 10.9. The third-order valence-electron chi connectivity index (χ3n) is 4.24. The maximum absolute atomic E-state index is 12.6. The average Bonchev–Trinajstić information content (AvgIpc) is 3.13. The molecule has 0 spiro atoms. The topological polar surface area (TPSA) is 55.8 Å². The van der Waals surface area contributed by atoms with E-state index in [1.807, 2.05) is 18.2 Å². The van der Waals surface area contributed by atoms with Crippen molar-refractivity contribution in [2.45, 2.75) is 12.2 Å². The van der Waals surface area contributed by atoms with Crippen LogP contribution in [0.2, 0.25) is 0 Å². The van der Waals surface area contributed by atoms with Gasteiger partial charge in [-0.15, -0.1) is 0 Å². The Morgan fingerprint density at radius 2 is 1.65 bits per heavy atom. The summed E-state index contributed by atoms with van der Waals surface area (Å²) in [6, 6.07) is 7.07. The first-order valence-corrected chi connectivity index (χ1v) is 6.57. The monoisotopic (exact) mass is 271 g/mol. The number of hydrogen-bond donors (Lipinski definition) is 0. The first-order chi connectivity index (χ1) is 9.72. The van der Waals surface area contributed by atoms with Crippen molar-refractivity contribution in [1.82, 2.24) is 0 Å². The minimum Gasteiger partial charge on any atom is -0.495 e. The summed E-state index contributed by atoms with van der Waals surface area (Å²) in [5, 5.41) is 0. The Hall–Kier alpha value is -2.14. The first-order valence-electron chi connectivity index (χ1n) is 6.57. The molecule has 4 rings (SSSR count). The van der Waals surface area contributed by atoms with E-state index < -0.39 is 0 Å². The molecule has 1 aromatic rings. The number of imide groups is 1. The van der Waals surface area contributed by atoms with E-state index in [-0.39, 0.29) is 35.9 Å². The predicted octanol–water partition coefficient (Wildman–Crippen LogP) is 1.14. The highest BCUT2D eigenvalue weighted by molar-refractivity contribution is 6.23. The third-order valence-corrected chi connectivity index (χ3v) is 4.24. The molecular formula is C15H13NO4. The van der Waals surface area contributed by atoms with Gasteiger partial charge in [0.2, 0.25) is 11.8 Å². The van der Waals surface area contributed by atoms with Gasteiger partial charge in [0.1, 0.15) is 5.75 Å². The average molecular weight is 271 g/mol. The van der Waals surface area contributed by atoms with Gasteiger partial charge in [-0.1, -0.05) is 24.3 Å². The van der Waals surface area contributed by atoms with Gasteiger partial charge >= 0.3 is 0 Å². The maximum Gasteiger partial charge on any atom is 0.240 e. The Morgan fingerprint density at radius 1 is 1.05 bits per heavy atom. The van der Waals surface area contributed by atoms with E-state index in [1.54, 1.807) is 18.2 Å².